The molecule has 1 nitrogen and oxygen atoms in total. The molecule has 0 radical (unpaired) electrons. The molecule has 0 aliphatic rings. The molecule has 0 fully saturated rings. The quantitative estimate of drug-likeness (QED) is 0.377. The Morgan fingerprint density at radius 2 is 1.75 bits per heavy atom. The summed E-state index contributed by atoms with van der Waals surface area (Å²) in [5, 5.41) is 0. The fraction of sp³-hybridized carbons (Fsp3) is 0. The second-order valence-electron chi connectivity index (χ2n) is 1.33. The summed E-state index contributed by atoms with van der Waals surface area (Å²) in [6.07, 6.45) is 0. The second kappa shape index (κ2) is 3.66. The Balaban J connectivity index is 0.000000490. The van der Waals surface area contributed by atoms with Crippen molar-refractivity contribution in [1.82, 2.24) is 0 Å². The molecule has 0 spiro atoms. The SMILES string of the molecule is Nc1cc[c-]cc1.[Pd]. The van der Waals surface area contributed by atoms with Crippen molar-refractivity contribution in [3.8, 4) is 0 Å². The van der Waals surface area contributed by atoms with Gasteiger partial charge in [0, 0.05) is 20.4 Å². The Kier molecular flexibility index (Phi) is 3.51. The zero-order chi connectivity index (χ0) is 5.11. The van der Waals surface area contributed by atoms with E-state index in [2.05, 4.69) is 6.07 Å². The van der Waals surface area contributed by atoms with Crippen molar-refractivity contribution in [2.45, 2.75) is 0 Å². The molecule has 1 aromatic rings. The van der Waals surface area contributed by atoms with Crippen LogP contribution in [0.2, 0.25) is 0 Å². The van der Waals surface area contributed by atoms with Crippen LogP contribution in [-0.2, 0) is 20.4 Å². The molecule has 0 atom stereocenters. The van der Waals surface area contributed by atoms with Crippen molar-refractivity contribution in [3.05, 3.63) is 30.3 Å². The van der Waals surface area contributed by atoms with E-state index in [4.69, 9.17) is 5.73 Å². The van der Waals surface area contributed by atoms with Crippen LogP contribution in [0.4, 0.5) is 5.69 Å². The molecule has 2 heteroatoms. The van der Waals surface area contributed by atoms with Gasteiger partial charge in [0.2, 0.25) is 0 Å². The molecule has 8 heavy (non-hydrogen) atoms. The summed E-state index contributed by atoms with van der Waals surface area (Å²) in [5.41, 5.74) is 6.13. The Morgan fingerprint density at radius 1 is 1.25 bits per heavy atom. The Bertz CT molecular complexity index is 138. The maximum atomic E-state index is 5.34. The van der Waals surface area contributed by atoms with E-state index in [0.29, 0.717) is 0 Å². The molecule has 1 rings (SSSR count). The van der Waals surface area contributed by atoms with E-state index < -0.39 is 0 Å². The van der Waals surface area contributed by atoms with Gasteiger partial charge in [-0.05, 0) is 0 Å². The number of hydrogen-bond acceptors (Lipinski definition) is 1. The molecule has 0 saturated heterocycles. The van der Waals surface area contributed by atoms with Gasteiger partial charge in [0.05, 0.1) is 0 Å². The molecule has 0 aliphatic heterocycles. The molecule has 46 valence electrons. The average molecular weight is 199 g/mol. The van der Waals surface area contributed by atoms with Crippen LogP contribution < -0.4 is 5.73 Å². The standard InChI is InChI=1S/C6H6N.Pd/c7-6-4-2-1-3-5-6;/h2-5H,7H2;/q-1;. The van der Waals surface area contributed by atoms with Gasteiger partial charge in [0.25, 0.3) is 0 Å². The Labute approximate surface area is 62.6 Å². The minimum absolute atomic E-state index is 0. The second-order valence-corrected chi connectivity index (χ2v) is 1.33. The Morgan fingerprint density at radius 3 is 2.00 bits per heavy atom. The summed E-state index contributed by atoms with van der Waals surface area (Å²) in [6.45, 7) is 0. The molecular weight excluding hydrogens is 192 g/mol. The van der Waals surface area contributed by atoms with Gasteiger partial charge in [-0.25, -0.2) is 0 Å². The Hall–Kier alpha value is -0.318. The van der Waals surface area contributed by atoms with Crippen LogP contribution in [0.5, 0.6) is 0 Å². The van der Waals surface area contributed by atoms with Gasteiger partial charge in [-0.15, -0.1) is 12.1 Å². The van der Waals surface area contributed by atoms with Crippen molar-refractivity contribution in [3.63, 3.8) is 0 Å². The van der Waals surface area contributed by atoms with Gasteiger partial charge < -0.3 is 5.73 Å². The third-order valence-corrected chi connectivity index (χ3v) is 0.744. The number of nitrogens with two attached hydrogens (primary N) is 1. The zero-order valence-corrected chi connectivity index (χ0v) is 5.76. The number of benzene rings is 1. The van der Waals surface area contributed by atoms with E-state index >= 15 is 0 Å². The van der Waals surface area contributed by atoms with Gasteiger partial charge in [-0.2, -0.15) is 18.2 Å². The zero-order valence-electron chi connectivity index (χ0n) is 4.20. The molecule has 0 bridgehead atoms. The number of rotatable bonds is 0. The third-order valence-electron chi connectivity index (χ3n) is 0.744. The molecule has 0 unspecified atom stereocenters. The predicted octanol–water partition coefficient (Wildman–Crippen LogP) is 1.07. The van der Waals surface area contributed by atoms with Crippen molar-refractivity contribution in [2.24, 2.45) is 0 Å². The van der Waals surface area contributed by atoms with Gasteiger partial charge in [0.1, 0.15) is 0 Å². The van der Waals surface area contributed by atoms with Crippen LogP contribution in [0, 0.1) is 6.07 Å². The van der Waals surface area contributed by atoms with E-state index in [1.54, 1.807) is 24.3 Å². The molecule has 0 aromatic heterocycles. The summed E-state index contributed by atoms with van der Waals surface area (Å²) in [4.78, 5) is 0. The fourth-order valence-corrected chi connectivity index (χ4v) is 0.400. The maximum Gasteiger partial charge on any atom is 0 e. The van der Waals surface area contributed by atoms with Crippen LogP contribution in [-0.4, -0.2) is 0 Å². The van der Waals surface area contributed by atoms with E-state index in [9.17, 15) is 0 Å². The summed E-state index contributed by atoms with van der Waals surface area (Å²) < 4.78 is 0. The van der Waals surface area contributed by atoms with Crippen molar-refractivity contribution in [1.29, 1.82) is 0 Å². The summed E-state index contributed by atoms with van der Waals surface area (Å²) in [5.74, 6) is 0. The first kappa shape index (κ1) is 7.68. The third kappa shape index (κ3) is 2.11. The van der Waals surface area contributed by atoms with Crippen molar-refractivity contribution in [2.75, 3.05) is 5.73 Å². The molecule has 0 aliphatic carbocycles. The van der Waals surface area contributed by atoms with Gasteiger partial charge in [-0.3, -0.25) is 0 Å². The smallest absolute Gasteiger partial charge is 0 e. The van der Waals surface area contributed by atoms with Crippen LogP contribution in [0.15, 0.2) is 24.3 Å². The molecule has 0 heterocycles. The topological polar surface area (TPSA) is 26.0 Å². The first-order valence-corrected chi connectivity index (χ1v) is 2.11. The van der Waals surface area contributed by atoms with E-state index in [-0.39, 0.29) is 20.4 Å². The number of hydrogen-bond donors (Lipinski definition) is 1. The van der Waals surface area contributed by atoms with Gasteiger partial charge >= 0.3 is 0 Å². The predicted molar refractivity (Wildman–Crippen MR) is 29.7 cm³/mol. The number of anilines is 1. The average Bonchev–Trinajstić information content (AvgIpc) is 1.69. The normalized spacial score (nSPS) is 7.50. The largest absolute Gasteiger partial charge is 0.419 e. The molecule has 1 aromatic carbocycles. The molecular formula is C6H6NPd-. The van der Waals surface area contributed by atoms with Crippen LogP contribution in [0.25, 0.3) is 0 Å². The summed E-state index contributed by atoms with van der Waals surface area (Å²) in [6, 6.07) is 10.0. The van der Waals surface area contributed by atoms with E-state index in [0.717, 1.165) is 5.69 Å². The van der Waals surface area contributed by atoms with E-state index in [1.165, 1.54) is 0 Å². The summed E-state index contributed by atoms with van der Waals surface area (Å²) >= 11 is 0. The first-order valence-electron chi connectivity index (χ1n) is 2.11. The van der Waals surface area contributed by atoms with Crippen molar-refractivity contribution >= 4 is 5.69 Å². The minimum atomic E-state index is 0. The molecule has 0 amide bonds. The number of nitrogen functional groups attached to an aromatic ring is 1. The first-order chi connectivity index (χ1) is 3.39. The molecule has 0 saturated carbocycles. The van der Waals surface area contributed by atoms with Crippen LogP contribution in [0.1, 0.15) is 0 Å². The summed E-state index contributed by atoms with van der Waals surface area (Å²) in [7, 11) is 0. The maximum absolute atomic E-state index is 5.34. The monoisotopic (exact) mass is 198 g/mol. The minimum Gasteiger partial charge on any atom is -0.419 e. The van der Waals surface area contributed by atoms with E-state index in [1.807, 2.05) is 0 Å². The van der Waals surface area contributed by atoms with Crippen LogP contribution >= 0.6 is 0 Å². The van der Waals surface area contributed by atoms with Gasteiger partial charge in [-0.1, -0.05) is 5.69 Å². The fourth-order valence-electron chi connectivity index (χ4n) is 0.400. The molecule has 2 N–H and O–H groups in total. The van der Waals surface area contributed by atoms with Gasteiger partial charge in [0.15, 0.2) is 0 Å². The van der Waals surface area contributed by atoms with Crippen molar-refractivity contribution < 1.29 is 20.4 Å². The van der Waals surface area contributed by atoms with Crippen LogP contribution in [0.3, 0.4) is 0 Å².